The van der Waals surface area contributed by atoms with Crippen LogP contribution in [-0.2, 0) is 13.2 Å². The van der Waals surface area contributed by atoms with E-state index in [1.54, 1.807) is 12.1 Å². The van der Waals surface area contributed by atoms with Crippen molar-refractivity contribution >= 4 is 50.8 Å². The summed E-state index contributed by atoms with van der Waals surface area (Å²) in [4.78, 5) is 11.1. The maximum Gasteiger partial charge on any atom is 0.337 e. The first kappa shape index (κ1) is 23.3. The lowest BCUT2D eigenvalue weighted by atomic mass is 10.1. The number of carboxylic acids is 1. The van der Waals surface area contributed by atoms with E-state index in [0.717, 1.165) is 15.6 Å². The normalized spacial score (nSPS) is 10.6. The minimum Gasteiger partial charge on any atom is -0.490 e. The second-order valence-electron chi connectivity index (χ2n) is 6.59. The van der Waals surface area contributed by atoms with Crippen molar-refractivity contribution < 1.29 is 19.4 Å². The molecule has 0 fully saturated rings. The molecule has 8 heteroatoms. The molecule has 0 amide bonds. The Morgan fingerprint density at radius 2 is 1.74 bits per heavy atom. The van der Waals surface area contributed by atoms with Gasteiger partial charge in [0.05, 0.1) is 17.2 Å². The summed E-state index contributed by atoms with van der Waals surface area (Å²) >= 11 is 15.6. The Morgan fingerprint density at radius 3 is 2.39 bits per heavy atom. The molecule has 0 atom stereocenters. The van der Waals surface area contributed by atoms with Crippen LogP contribution in [0.3, 0.4) is 0 Å². The zero-order valence-electron chi connectivity index (χ0n) is 16.6. The molecule has 0 aliphatic heterocycles. The average Bonchev–Trinajstić information content (AvgIpc) is 2.73. The Bertz CT molecular complexity index is 1070. The van der Waals surface area contributed by atoms with Crippen LogP contribution in [-0.4, -0.2) is 17.7 Å². The minimum atomic E-state index is -1.06. The summed E-state index contributed by atoms with van der Waals surface area (Å²) in [6, 6.07) is 16.0. The van der Waals surface area contributed by atoms with Crippen molar-refractivity contribution in [3.8, 4) is 11.5 Å². The van der Waals surface area contributed by atoms with Crippen LogP contribution >= 0.6 is 39.1 Å². The number of nitrogens with one attached hydrogen (secondary N) is 1. The zero-order valence-corrected chi connectivity index (χ0v) is 19.7. The second-order valence-corrected chi connectivity index (χ2v) is 8.29. The summed E-state index contributed by atoms with van der Waals surface area (Å²) < 4.78 is 12.6. The fourth-order valence-electron chi connectivity index (χ4n) is 2.83. The highest BCUT2D eigenvalue weighted by atomic mass is 79.9. The Balaban J connectivity index is 1.74. The molecule has 0 unspecified atom stereocenters. The maximum absolute atomic E-state index is 11.1. The van der Waals surface area contributed by atoms with E-state index in [0.29, 0.717) is 42.0 Å². The topological polar surface area (TPSA) is 67.8 Å². The summed E-state index contributed by atoms with van der Waals surface area (Å²) in [5, 5.41) is 13.2. The van der Waals surface area contributed by atoms with Gasteiger partial charge in [0.25, 0.3) is 0 Å². The van der Waals surface area contributed by atoms with Gasteiger partial charge in [-0.25, -0.2) is 4.79 Å². The highest BCUT2D eigenvalue weighted by Gasteiger charge is 2.13. The van der Waals surface area contributed by atoms with E-state index in [4.69, 9.17) is 37.8 Å². The molecule has 0 aliphatic carbocycles. The molecular weight excluding hydrogens is 505 g/mol. The number of hydrogen-bond donors (Lipinski definition) is 2. The van der Waals surface area contributed by atoms with Crippen LogP contribution in [0.5, 0.6) is 11.5 Å². The lowest BCUT2D eigenvalue weighted by Gasteiger charge is -2.16. The van der Waals surface area contributed by atoms with Crippen LogP contribution in [0.2, 0.25) is 10.0 Å². The third-order valence-corrected chi connectivity index (χ3v) is 5.71. The molecular formula is C23H20BrCl2NO4. The maximum atomic E-state index is 11.1. The molecule has 31 heavy (non-hydrogen) atoms. The third-order valence-electron chi connectivity index (χ3n) is 4.40. The predicted octanol–water partition coefficient (Wildman–Crippen LogP) is 7.04. The fraction of sp³-hybridized carbons (Fsp3) is 0.174. The smallest absolute Gasteiger partial charge is 0.337 e. The van der Waals surface area contributed by atoms with Crippen LogP contribution < -0.4 is 14.8 Å². The molecule has 0 heterocycles. The SMILES string of the molecule is CCOc1cc(CNc2ccc(C(=O)O)c(Cl)c2)c(Br)cc1OCc1ccc(Cl)cc1. The van der Waals surface area contributed by atoms with E-state index in [1.165, 1.54) is 6.07 Å². The number of carboxylic acid groups (broad SMARTS) is 1. The fourth-order valence-corrected chi connectivity index (χ4v) is 3.68. The lowest BCUT2D eigenvalue weighted by molar-refractivity contribution is 0.0697. The highest BCUT2D eigenvalue weighted by Crippen LogP contribution is 2.35. The second kappa shape index (κ2) is 10.8. The number of ether oxygens (including phenoxy) is 2. The predicted molar refractivity (Wildman–Crippen MR) is 127 cm³/mol. The van der Waals surface area contributed by atoms with Gasteiger partial charge in [0, 0.05) is 21.7 Å². The van der Waals surface area contributed by atoms with Gasteiger partial charge in [-0.2, -0.15) is 0 Å². The third kappa shape index (κ3) is 6.29. The van der Waals surface area contributed by atoms with Crippen LogP contribution in [0.1, 0.15) is 28.4 Å². The summed E-state index contributed by atoms with van der Waals surface area (Å²) in [6.45, 7) is 3.27. The van der Waals surface area contributed by atoms with Gasteiger partial charge in [0.15, 0.2) is 11.5 Å². The van der Waals surface area contributed by atoms with Gasteiger partial charge in [-0.3, -0.25) is 0 Å². The molecule has 0 spiro atoms. The number of carbonyl (C=O) groups is 1. The molecule has 0 aliphatic rings. The quantitative estimate of drug-likeness (QED) is 0.314. The minimum absolute atomic E-state index is 0.0641. The van der Waals surface area contributed by atoms with E-state index in [-0.39, 0.29) is 10.6 Å². The molecule has 5 nitrogen and oxygen atoms in total. The van der Waals surface area contributed by atoms with Gasteiger partial charge >= 0.3 is 5.97 Å². The van der Waals surface area contributed by atoms with Crippen molar-refractivity contribution in [3.05, 3.63) is 85.8 Å². The first-order chi connectivity index (χ1) is 14.9. The number of halogens is 3. The molecule has 2 N–H and O–H groups in total. The number of rotatable bonds is 9. The molecule has 3 aromatic carbocycles. The summed E-state index contributed by atoms with van der Waals surface area (Å²) in [5.41, 5.74) is 2.72. The van der Waals surface area contributed by atoms with E-state index >= 15 is 0 Å². The zero-order chi connectivity index (χ0) is 22.4. The van der Waals surface area contributed by atoms with Crippen LogP contribution in [0.15, 0.2) is 59.1 Å². The van der Waals surface area contributed by atoms with Gasteiger partial charge < -0.3 is 19.9 Å². The Morgan fingerprint density at radius 1 is 1.03 bits per heavy atom. The van der Waals surface area contributed by atoms with Crippen molar-refractivity contribution in [2.45, 2.75) is 20.1 Å². The van der Waals surface area contributed by atoms with Gasteiger partial charge in [0.2, 0.25) is 0 Å². The lowest BCUT2D eigenvalue weighted by Crippen LogP contribution is -2.05. The van der Waals surface area contributed by atoms with Crippen molar-refractivity contribution in [2.75, 3.05) is 11.9 Å². The van der Waals surface area contributed by atoms with Crippen molar-refractivity contribution in [1.29, 1.82) is 0 Å². The summed E-state index contributed by atoms with van der Waals surface area (Å²) in [6.07, 6.45) is 0. The molecule has 3 aromatic rings. The Kier molecular flexibility index (Phi) is 8.07. The summed E-state index contributed by atoms with van der Waals surface area (Å²) in [5.74, 6) is 0.201. The monoisotopic (exact) mass is 523 g/mol. The van der Waals surface area contributed by atoms with Crippen LogP contribution in [0.25, 0.3) is 0 Å². The molecule has 3 rings (SSSR count). The highest BCUT2D eigenvalue weighted by molar-refractivity contribution is 9.10. The first-order valence-corrected chi connectivity index (χ1v) is 11.0. The molecule has 0 saturated heterocycles. The molecule has 0 aromatic heterocycles. The van der Waals surface area contributed by atoms with Crippen LogP contribution in [0, 0.1) is 0 Å². The first-order valence-electron chi connectivity index (χ1n) is 9.46. The van der Waals surface area contributed by atoms with Crippen molar-refractivity contribution in [3.63, 3.8) is 0 Å². The van der Waals surface area contributed by atoms with E-state index in [9.17, 15) is 4.79 Å². The number of hydrogen-bond acceptors (Lipinski definition) is 4. The molecule has 162 valence electrons. The van der Waals surface area contributed by atoms with Gasteiger partial charge in [-0.15, -0.1) is 0 Å². The molecule has 0 radical (unpaired) electrons. The standard InChI is InChI=1S/C23H20BrCl2NO4/c1-2-30-21-9-15(12-27-17-7-8-18(23(28)29)20(26)10-17)19(24)11-22(21)31-13-14-3-5-16(25)6-4-14/h3-11,27H,2,12-13H2,1H3,(H,28,29). The van der Waals surface area contributed by atoms with Crippen molar-refractivity contribution in [1.82, 2.24) is 0 Å². The van der Waals surface area contributed by atoms with Gasteiger partial charge in [-0.05, 0) is 60.5 Å². The molecule has 0 saturated carbocycles. The number of anilines is 1. The van der Waals surface area contributed by atoms with Gasteiger partial charge in [-0.1, -0.05) is 51.3 Å². The Labute approximate surface area is 199 Å². The van der Waals surface area contributed by atoms with E-state index in [2.05, 4.69) is 21.2 Å². The van der Waals surface area contributed by atoms with Crippen molar-refractivity contribution in [2.24, 2.45) is 0 Å². The van der Waals surface area contributed by atoms with Gasteiger partial charge in [0.1, 0.15) is 6.61 Å². The van der Waals surface area contributed by atoms with E-state index in [1.807, 2.05) is 43.3 Å². The van der Waals surface area contributed by atoms with E-state index < -0.39 is 5.97 Å². The number of aromatic carboxylic acids is 1. The largest absolute Gasteiger partial charge is 0.490 e. The Hall–Kier alpha value is -2.41. The number of benzene rings is 3. The summed E-state index contributed by atoms with van der Waals surface area (Å²) in [7, 11) is 0. The molecule has 0 bridgehead atoms. The van der Waals surface area contributed by atoms with Crippen LogP contribution in [0.4, 0.5) is 5.69 Å². The average molecular weight is 525 g/mol.